The van der Waals surface area contributed by atoms with Crippen molar-refractivity contribution in [3.05, 3.63) is 22.4 Å². The van der Waals surface area contributed by atoms with Crippen molar-refractivity contribution >= 4 is 17.2 Å². The fraction of sp³-hybridized carbons (Fsp3) is 0.583. The molecule has 1 atom stereocenters. The van der Waals surface area contributed by atoms with E-state index in [1.165, 1.54) is 5.56 Å². The van der Waals surface area contributed by atoms with Crippen molar-refractivity contribution in [1.82, 2.24) is 9.80 Å². The number of carbonyl (C=O) groups is 1. The molecule has 94 valence electrons. The predicted molar refractivity (Wildman–Crippen MR) is 69.9 cm³/mol. The third-order valence-corrected chi connectivity index (χ3v) is 4.06. The molecule has 0 aromatic carbocycles. The second kappa shape index (κ2) is 5.62. The number of nitrogens with zero attached hydrogens (tertiary/aromatic N) is 2. The smallest absolute Gasteiger partial charge is 0.231 e. The SMILES string of the molecule is C[C@H](c1ccsc1)N1CCN(CC(N)=O)CC1. The molecule has 0 radical (unpaired) electrons. The lowest BCUT2D eigenvalue weighted by atomic mass is 10.1. The molecule has 2 N–H and O–H groups in total. The van der Waals surface area contributed by atoms with Crippen molar-refractivity contribution in [3.8, 4) is 0 Å². The minimum Gasteiger partial charge on any atom is -0.369 e. The van der Waals surface area contributed by atoms with E-state index in [1.54, 1.807) is 11.3 Å². The molecule has 17 heavy (non-hydrogen) atoms. The van der Waals surface area contributed by atoms with Crippen molar-refractivity contribution in [2.45, 2.75) is 13.0 Å². The van der Waals surface area contributed by atoms with Gasteiger partial charge in [-0.3, -0.25) is 14.6 Å². The minimum absolute atomic E-state index is 0.232. The molecule has 4 nitrogen and oxygen atoms in total. The number of carbonyl (C=O) groups excluding carboxylic acids is 1. The fourth-order valence-corrected chi connectivity index (χ4v) is 3.00. The highest BCUT2D eigenvalue weighted by molar-refractivity contribution is 7.07. The maximum Gasteiger partial charge on any atom is 0.231 e. The van der Waals surface area contributed by atoms with Gasteiger partial charge in [0, 0.05) is 32.2 Å². The van der Waals surface area contributed by atoms with Crippen molar-refractivity contribution in [3.63, 3.8) is 0 Å². The number of nitrogens with two attached hydrogens (primary N) is 1. The van der Waals surface area contributed by atoms with Gasteiger partial charge in [-0.15, -0.1) is 0 Å². The van der Waals surface area contributed by atoms with E-state index in [9.17, 15) is 4.79 Å². The Balaban J connectivity index is 1.84. The van der Waals surface area contributed by atoms with Gasteiger partial charge >= 0.3 is 0 Å². The summed E-state index contributed by atoms with van der Waals surface area (Å²) in [6.45, 7) is 6.50. The van der Waals surface area contributed by atoms with Crippen LogP contribution in [0.15, 0.2) is 16.8 Å². The molecular weight excluding hydrogens is 234 g/mol. The van der Waals surface area contributed by atoms with Gasteiger partial charge in [0.2, 0.25) is 5.91 Å². The van der Waals surface area contributed by atoms with Crippen LogP contribution in [0.3, 0.4) is 0 Å². The first-order valence-electron chi connectivity index (χ1n) is 5.93. The number of hydrogen-bond donors (Lipinski definition) is 1. The normalized spacial score (nSPS) is 20.3. The van der Waals surface area contributed by atoms with Crippen LogP contribution < -0.4 is 5.73 Å². The summed E-state index contributed by atoms with van der Waals surface area (Å²) in [4.78, 5) is 15.4. The molecular formula is C12H19N3OS. The molecule has 2 heterocycles. The third kappa shape index (κ3) is 3.28. The Morgan fingerprint density at radius 2 is 2.18 bits per heavy atom. The first-order chi connectivity index (χ1) is 8.16. The van der Waals surface area contributed by atoms with E-state index >= 15 is 0 Å². The van der Waals surface area contributed by atoms with Crippen LogP contribution in [0.5, 0.6) is 0 Å². The van der Waals surface area contributed by atoms with Crippen LogP contribution in [0, 0.1) is 0 Å². The lowest BCUT2D eigenvalue weighted by Crippen LogP contribution is -2.49. The van der Waals surface area contributed by atoms with Gasteiger partial charge in [-0.1, -0.05) is 0 Å². The maximum absolute atomic E-state index is 10.8. The van der Waals surface area contributed by atoms with Crippen LogP contribution in [0.25, 0.3) is 0 Å². The quantitative estimate of drug-likeness (QED) is 0.868. The molecule has 0 spiro atoms. The van der Waals surface area contributed by atoms with E-state index in [4.69, 9.17) is 5.73 Å². The Morgan fingerprint density at radius 1 is 1.47 bits per heavy atom. The van der Waals surface area contributed by atoms with Gasteiger partial charge in [-0.25, -0.2) is 0 Å². The number of thiophene rings is 1. The van der Waals surface area contributed by atoms with Crippen LogP contribution >= 0.6 is 11.3 Å². The van der Waals surface area contributed by atoms with Crippen LogP contribution in [-0.2, 0) is 4.79 Å². The molecule has 0 unspecified atom stereocenters. The summed E-state index contributed by atoms with van der Waals surface area (Å²) in [5.41, 5.74) is 6.59. The zero-order valence-corrected chi connectivity index (χ0v) is 10.9. The molecule has 0 saturated carbocycles. The Morgan fingerprint density at radius 3 is 2.71 bits per heavy atom. The van der Waals surface area contributed by atoms with E-state index in [-0.39, 0.29) is 5.91 Å². The highest BCUT2D eigenvalue weighted by Gasteiger charge is 2.22. The lowest BCUT2D eigenvalue weighted by molar-refractivity contribution is -0.119. The number of primary amides is 1. The van der Waals surface area contributed by atoms with Gasteiger partial charge in [0.1, 0.15) is 0 Å². The summed E-state index contributed by atoms with van der Waals surface area (Å²) in [7, 11) is 0. The number of amides is 1. The molecule has 1 aliphatic heterocycles. The Bertz CT molecular complexity index is 358. The highest BCUT2D eigenvalue weighted by atomic mass is 32.1. The Labute approximate surface area is 106 Å². The summed E-state index contributed by atoms with van der Waals surface area (Å²) >= 11 is 1.74. The third-order valence-electron chi connectivity index (χ3n) is 3.36. The molecule has 1 saturated heterocycles. The summed E-state index contributed by atoms with van der Waals surface area (Å²) in [5, 5.41) is 4.33. The van der Waals surface area contributed by atoms with Crippen LogP contribution in [-0.4, -0.2) is 48.4 Å². The summed E-state index contributed by atoms with van der Waals surface area (Å²) in [5.74, 6) is -0.232. The van der Waals surface area contributed by atoms with E-state index in [1.807, 2.05) is 0 Å². The van der Waals surface area contributed by atoms with Crippen LogP contribution in [0.2, 0.25) is 0 Å². The number of rotatable bonds is 4. The van der Waals surface area contributed by atoms with Crippen molar-refractivity contribution in [2.75, 3.05) is 32.7 Å². The molecule has 0 aliphatic carbocycles. The van der Waals surface area contributed by atoms with E-state index in [2.05, 4.69) is 33.6 Å². The standard InChI is InChI=1S/C12H19N3OS/c1-10(11-2-7-17-9-11)15-5-3-14(4-6-15)8-12(13)16/h2,7,9-10H,3-6,8H2,1H3,(H2,13,16)/t10-/m1/s1. The molecule has 5 heteroatoms. The van der Waals surface area contributed by atoms with E-state index in [0.29, 0.717) is 12.6 Å². The minimum atomic E-state index is -0.232. The Kier molecular flexibility index (Phi) is 4.15. The van der Waals surface area contributed by atoms with Gasteiger partial charge in [-0.2, -0.15) is 11.3 Å². The fourth-order valence-electron chi connectivity index (χ4n) is 2.25. The average molecular weight is 253 g/mol. The van der Waals surface area contributed by atoms with Crippen molar-refractivity contribution in [2.24, 2.45) is 5.73 Å². The van der Waals surface area contributed by atoms with Gasteiger partial charge in [0.15, 0.2) is 0 Å². The first kappa shape index (κ1) is 12.5. The largest absolute Gasteiger partial charge is 0.369 e. The molecule has 1 amide bonds. The van der Waals surface area contributed by atoms with Gasteiger partial charge in [-0.05, 0) is 29.3 Å². The monoisotopic (exact) mass is 253 g/mol. The van der Waals surface area contributed by atoms with E-state index in [0.717, 1.165) is 26.2 Å². The second-order valence-corrected chi connectivity index (χ2v) is 5.29. The second-order valence-electron chi connectivity index (χ2n) is 4.51. The van der Waals surface area contributed by atoms with Gasteiger partial charge in [0.05, 0.1) is 6.54 Å². The number of hydrogen-bond acceptors (Lipinski definition) is 4. The summed E-state index contributed by atoms with van der Waals surface area (Å²) in [6, 6.07) is 2.66. The van der Waals surface area contributed by atoms with Gasteiger partial charge < -0.3 is 5.73 Å². The highest BCUT2D eigenvalue weighted by Crippen LogP contribution is 2.23. The molecule has 0 bridgehead atoms. The van der Waals surface area contributed by atoms with Crippen LogP contribution in [0.4, 0.5) is 0 Å². The molecule has 1 fully saturated rings. The van der Waals surface area contributed by atoms with E-state index < -0.39 is 0 Å². The van der Waals surface area contributed by atoms with Gasteiger partial charge in [0.25, 0.3) is 0 Å². The maximum atomic E-state index is 10.8. The molecule has 1 aromatic heterocycles. The summed E-state index contributed by atoms with van der Waals surface area (Å²) in [6.07, 6.45) is 0. The average Bonchev–Trinajstić information content (AvgIpc) is 2.82. The Hall–Kier alpha value is -0.910. The summed E-state index contributed by atoms with van der Waals surface area (Å²) < 4.78 is 0. The van der Waals surface area contributed by atoms with Crippen molar-refractivity contribution in [1.29, 1.82) is 0 Å². The number of piperazine rings is 1. The molecule has 1 aliphatic rings. The molecule has 1 aromatic rings. The molecule has 2 rings (SSSR count). The van der Waals surface area contributed by atoms with Crippen LogP contribution in [0.1, 0.15) is 18.5 Å². The lowest BCUT2D eigenvalue weighted by Gasteiger charge is -2.37. The topological polar surface area (TPSA) is 49.6 Å². The first-order valence-corrected chi connectivity index (χ1v) is 6.88. The zero-order chi connectivity index (χ0) is 12.3. The predicted octanol–water partition coefficient (Wildman–Crippen LogP) is 0.912. The van der Waals surface area contributed by atoms with Crippen molar-refractivity contribution < 1.29 is 4.79 Å². The zero-order valence-electron chi connectivity index (χ0n) is 10.1.